The average Bonchev–Trinajstić information content (AvgIpc) is 2.26. The Morgan fingerprint density at radius 1 is 1.36 bits per heavy atom. The predicted octanol–water partition coefficient (Wildman–Crippen LogP) is 1.55. The van der Waals surface area contributed by atoms with Crippen LogP contribution >= 0.6 is 11.8 Å². The third kappa shape index (κ3) is 3.14. The van der Waals surface area contributed by atoms with E-state index >= 15 is 0 Å². The van der Waals surface area contributed by atoms with Gasteiger partial charge in [0.2, 0.25) is 10.0 Å². The molecule has 5 heteroatoms. The summed E-state index contributed by atoms with van der Waals surface area (Å²) in [5.74, 6) is 1.13. The van der Waals surface area contributed by atoms with E-state index in [-0.39, 0.29) is 10.5 Å². The number of hydrogen-bond acceptors (Lipinski definition) is 3. The number of sulfonamides is 1. The molecule has 0 radical (unpaired) electrons. The van der Waals surface area contributed by atoms with Crippen molar-refractivity contribution in [3.8, 4) is 0 Å². The first-order valence-corrected chi connectivity index (χ1v) is 7.59. The lowest BCUT2D eigenvalue weighted by molar-refractivity contribution is 0.416. The Balaban J connectivity index is 2.68. The molecule has 0 saturated carbocycles. The van der Waals surface area contributed by atoms with Gasteiger partial charge in [0.05, 0.1) is 5.75 Å². The van der Waals surface area contributed by atoms with Gasteiger partial charge in [0.25, 0.3) is 0 Å². The Bertz CT molecular complexity index is 285. The van der Waals surface area contributed by atoms with E-state index in [1.165, 1.54) is 0 Å². The van der Waals surface area contributed by atoms with Gasteiger partial charge in [0, 0.05) is 23.6 Å². The fourth-order valence-electron chi connectivity index (χ4n) is 1.46. The molecular weight excluding hydrogens is 218 g/mol. The van der Waals surface area contributed by atoms with Crippen LogP contribution in [0.5, 0.6) is 0 Å². The molecule has 0 atom stereocenters. The highest BCUT2D eigenvalue weighted by molar-refractivity contribution is 8.00. The van der Waals surface area contributed by atoms with E-state index < -0.39 is 10.0 Å². The summed E-state index contributed by atoms with van der Waals surface area (Å²) in [5, 5.41) is 0. The van der Waals surface area contributed by atoms with E-state index in [2.05, 4.69) is 13.8 Å². The summed E-state index contributed by atoms with van der Waals surface area (Å²) in [4.78, 5) is 0. The van der Waals surface area contributed by atoms with Crippen molar-refractivity contribution in [2.75, 3.05) is 24.6 Å². The van der Waals surface area contributed by atoms with Crippen molar-refractivity contribution in [3.05, 3.63) is 0 Å². The van der Waals surface area contributed by atoms with Crippen LogP contribution in [0.25, 0.3) is 0 Å². The molecule has 1 heterocycles. The van der Waals surface area contributed by atoms with E-state index in [0.717, 1.165) is 12.2 Å². The molecule has 1 aliphatic rings. The minimum Gasteiger partial charge on any atom is -0.212 e. The second kappa shape index (κ2) is 4.41. The van der Waals surface area contributed by atoms with Gasteiger partial charge in [0.1, 0.15) is 0 Å². The van der Waals surface area contributed by atoms with E-state index in [0.29, 0.717) is 13.1 Å². The molecule has 1 fully saturated rings. The first-order valence-electron chi connectivity index (χ1n) is 4.99. The zero-order valence-electron chi connectivity index (χ0n) is 9.12. The van der Waals surface area contributed by atoms with E-state index in [9.17, 15) is 8.42 Å². The van der Waals surface area contributed by atoms with Crippen LogP contribution in [0, 0.1) is 0 Å². The summed E-state index contributed by atoms with van der Waals surface area (Å²) in [6.45, 7) is 7.42. The smallest absolute Gasteiger partial charge is 0.212 e. The molecule has 3 nitrogen and oxygen atoms in total. The second-order valence-corrected chi connectivity index (χ2v) is 8.22. The van der Waals surface area contributed by atoms with Crippen LogP contribution < -0.4 is 0 Å². The third-order valence-electron chi connectivity index (χ3n) is 2.55. The molecular formula is C9H19NO2S2. The van der Waals surface area contributed by atoms with Gasteiger partial charge in [0.15, 0.2) is 0 Å². The van der Waals surface area contributed by atoms with E-state index in [1.807, 2.05) is 11.8 Å². The Hall–Kier alpha value is 0.260. The first kappa shape index (κ1) is 12.3. The van der Waals surface area contributed by atoms with Crippen LogP contribution in [0.1, 0.15) is 27.2 Å². The maximum absolute atomic E-state index is 11.6. The van der Waals surface area contributed by atoms with Gasteiger partial charge < -0.3 is 0 Å². The fraction of sp³-hybridized carbons (Fsp3) is 1.00. The van der Waals surface area contributed by atoms with Gasteiger partial charge in [-0.05, 0) is 13.3 Å². The van der Waals surface area contributed by atoms with Crippen LogP contribution in [-0.2, 0) is 10.0 Å². The third-order valence-corrected chi connectivity index (χ3v) is 5.81. The minimum atomic E-state index is -2.97. The largest absolute Gasteiger partial charge is 0.213 e. The normalized spacial score (nSPS) is 24.5. The average molecular weight is 237 g/mol. The van der Waals surface area contributed by atoms with Crippen LogP contribution in [0.15, 0.2) is 0 Å². The lowest BCUT2D eigenvalue weighted by atomic mass is 10.1. The standard InChI is InChI=1S/C9H19NO2S2/c1-4-14(11,12)10-6-5-9(2,3)13-8-7-10/h4-8H2,1-3H3. The van der Waals surface area contributed by atoms with Gasteiger partial charge in [-0.2, -0.15) is 11.8 Å². The molecule has 0 aliphatic carbocycles. The monoisotopic (exact) mass is 237 g/mol. The molecule has 0 spiro atoms. The van der Waals surface area contributed by atoms with Gasteiger partial charge in [-0.3, -0.25) is 0 Å². The fourth-order valence-corrected chi connectivity index (χ4v) is 3.78. The second-order valence-electron chi connectivity index (χ2n) is 4.16. The molecule has 0 bridgehead atoms. The molecule has 0 amide bonds. The van der Waals surface area contributed by atoms with Crippen molar-refractivity contribution in [1.82, 2.24) is 4.31 Å². The van der Waals surface area contributed by atoms with Gasteiger partial charge in [-0.25, -0.2) is 12.7 Å². The maximum atomic E-state index is 11.6. The molecule has 1 aliphatic heterocycles. The number of thioether (sulfide) groups is 1. The van der Waals surface area contributed by atoms with Crippen molar-refractivity contribution in [2.24, 2.45) is 0 Å². The lowest BCUT2D eigenvalue weighted by Gasteiger charge is -2.21. The van der Waals surface area contributed by atoms with Gasteiger partial charge in [-0.15, -0.1) is 0 Å². The van der Waals surface area contributed by atoms with Crippen molar-refractivity contribution < 1.29 is 8.42 Å². The molecule has 0 aromatic carbocycles. The Morgan fingerprint density at radius 2 is 2.00 bits per heavy atom. The highest BCUT2D eigenvalue weighted by Gasteiger charge is 2.28. The Labute approximate surface area is 91.3 Å². The van der Waals surface area contributed by atoms with Crippen molar-refractivity contribution >= 4 is 21.8 Å². The summed E-state index contributed by atoms with van der Waals surface area (Å²) in [5.41, 5.74) is 0. The highest BCUT2D eigenvalue weighted by Crippen LogP contribution is 2.31. The summed E-state index contributed by atoms with van der Waals surface area (Å²) in [6, 6.07) is 0. The lowest BCUT2D eigenvalue weighted by Crippen LogP contribution is -2.34. The highest BCUT2D eigenvalue weighted by atomic mass is 32.2. The molecule has 1 rings (SSSR count). The Morgan fingerprint density at radius 3 is 2.57 bits per heavy atom. The molecule has 0 unspecified atom stereocenters. The SMILES string of the molecule is CCS(=O)(=O)N1CCSC(C)(C)CC1. The van der Waals surface area contributed by atoms with Crippen LogP contribution in [0.3, 0.4) is 0 Å². The van der Waals surface area contributed by atoms with Crippen LogP contribution in [0.4, 0.5) is 0 Å². The zero-order valence-corrected chi connectivity index (χ0v) is 10.7. The number of hydrogen-bond donors (Lipinski definition) is 0. The molecule has 84 valence electrons. The zero-order chi connectivity index (χ0) is 10.8. The van der Waals surface area contributed by atoms with Crippen molar-refractivity contribution in [2.45, 2.75) is 31.9 Å². The Kier molecular flexibility index (Phi) is 3.88. The van der Waals surface area contributed by atoms with E-state index in [1.54, 1.807) is 11.2 Å². The first-order chi connectivity index (χ1) is 6.37. The van der Waals surface area contributed by atoms with Gasteiger partial charge >= 0.3 is 0 Å². The van der Waals surface area contributed by atoms with Gasteiger partial charge in [-0.1, -0.05) is 13.8 Å². The van der Waals surface area contributed by atoms with Crippen molar-refractivity contribution in [3.63, 3.8) is 0 Å². The summed E-state index contributed by atoms with van der Waals surface area (Å²) in [6.07, 6.45) is 0.941. The molecule has 0 N–H and O–H groups in total. The maximum Gasteiger partial charge on any atom is 0.213 e. The van der Waals surface area contributed by atoms with Crippen molar-refractivity contribution in [1.29, 1.82) is 0 Å². The number of rotatable bonds is 2. The van der Waals surface area contributed by atoms with E-state index in [4.69, 9.17) is 0 Å². The molecule has 14 heavy (non-hydrogen) atoms. The quantitative estimate of drug-likeness (QED) is 0.731. The predicted molar refractivity (Wildman–Crippen MR) is 62.2 cm³/mol. The molecule has 0 aromatic rings. The minimum absolute atomic E-state index is 0.220. The summed E-state index contributed by atoms with van der Waals surface area (Å²) >= 11 is 1.87. The molecule has 0 aromatic heterocycles. The number of nitrogens with zero attached hydrogens (tertiary/aromatic N) is 1. The topological polar surface area (TPSA) is 37.4 Å². The van der Waals surface area contributed by atoms with Crippen LogP contribution in [-0.4, -0.2) is 42.1 Å². The van der Waals surface area contributed by atoms with Crippen LogP contribution in [0.2, 0.25) is 0 Å². The summed E-state index contributed by atoms with van der Waals surface area (Å²) < 4.78 is 25.1. The molecule has 1 saturated heterocycles. The summed E-state index contributed by atoms with van der Waals surface area (Å²) in [7, 11) is -2.97.